The topological polar surface area (TPSA) is 86.1 Å². The molecule has 0 saturated heterocycles. The molecule has 0 saturated carbocycles. The molecule has 1 aliphatic rings. The molecule has 4 rings (SSSR count). The first-order valence-corrected chi connectivity index (χ1v) is 14.0. The fraction of sp³-hybridized carbons (Fsp3) is 0.417. The zero-order valence-corrected chi connectivity index (χ0v) is 22.1. The van der Waals surface area contributed by atoms with Crippen molar-refractivity contribution in [3.8, 4) is 11.4 Å². The number of aryl methyl sites for hydroxylation is 2. The van der Waals surface area contributed by atoms with Gasteiger partial charge in [0.15, 0.2) is 11.0 Å². The lowest BCUT2D eigenvalue weighted by atomic mass is 10.1. The fourth-order valence-electron chi connectivity index (χ4n) is 4.20. The molecule has 0 unspecified atom stereocenters. The van der Waals surface area contributed by atoms with Crippen LogP contribution in [0.2, 0.25) is 0 Å². The summed E-state index contributed by atoms with van der Waals surface area (Å²) < 4.78 is 7.25. The van der Waals surface area contributed by atoms with Gasteiger partial charge in [0.05, 0.1) is 17.9 Å². The third kappa shape index (κ3) is 4.85. The summed E-state index contributed by atoms with van der Waals surface area (Å²) in [5, 5.41) is 15.1. The molecule has 3 aromatic rings. The van der Waals surface area contributed by atoms with E-state index in [1.807, 2.05) is 4.57 Å². The van der Waals surface area contributed by atoms with Crippen molar-refractivity contribution in [2.24, 2.45) is 0 Å². The van der Waals surface area contributed by atoms with E-state index in [0.717, 1.165) is 42.6 Å². The molecule has 0 fully saturated rings. The van der Waals surface area contributed by atoms with E-state index in [0.29, 0.717) is 28.9 Å². The van der Waals surface area contributed by atoms with Gasteiger partial charge in [0.1, 0.15) is 5.00 Å². The number of thiophene rings is 2. The van der Waals surface area contributed by atoms with Gasteiger partial charge in [-0.2, -0.15) is 0 Å². The summed E-state index contributed by atoms with van der Waals surface area (Å²) >= 11 is 4.52. The Morgan fingerprint density at radius 2 is 2.15 bits per heavy atom. The molecule has 0 spiro atoms. The molecule has 0 aromatic carbocycles. The van der Waals surface area contributed by atoms with Crippen molar-refractivity contribution in [3.05, 3.63) is 44.5 Å². The summed E-state index contributed by atoms with van der Waals surface area (Å²) in [5.41, 5.74) is 3.91. The van der Waals surface area contributed by atoms with Crippen LogP contribution < -0.4 is 5.32 Å². The van der Waals surface area contributed by atoms with E-state index in [4.69, 9.17) is 4.74 Å². The summed E-state index contributed by atoms with van der Waals surface area (Å²) in [6, 6.07) is 0. The lowest BCUT2D eigenvalue weighted by Crippen LogP contribution is -2.17. The van der Waals surface area contributed by atoms with Gasteiger partial charge in [-0.1, -0.05) is 24.8 Å². The molecular formula is C24H28N4O3S3. The number of allylic oxidation sites excluding steroid dienone is 1. The Morgan fingerprint density at radius 3 is 2.88 bits per heavy atom. The highest BCUT2D eigenvalue weighted by atomic mass is 32.2. The highest BCUT2D eigenvalue weighted by molar-refractivity contribution is 7.99. The fourth-order valence-corrected chi connectivity index (χ4v) is 7.18. The zero-order valence-electron chi connectivity index (χ0n) is 19.6. The van der Waals surface area contributed by atoms with E-state index in [2.05, 4.69) is 41.3 Å². The lowest BCUT2D eigenvalue weighted by Gasteiger charge is -2.09. The van der Waals surface area contributed by atoms with Crippen molar-refractivity contribution in [3.63, 3.8) is 0 Å². The molecule has 10 heteroatoms. The maximum absolute atomic E-state index is 12.8. The first-order valence-electron chi connectivity index (χ1n) is 11.3. The normalized spacial score (nSPS) is 12.6. The van der Waals surface area contributed by atoms with Gasteiger partial charge in [0.25, 0.3) is 0 Å². The minimum Gasteiger partial charge on any atom is -0.462 e. The standard InChI is InChI=1S/C24H28N4O3S3/c1-5-11-28-21(17-12-32-14(4)15(17)6-2)26-27-24(28)33-13-19(29)25-22-20(23(30)31-7-3)16-9-8-10-18(16)34-22/h5,12H,1,6-11,13H2,2-4H3,(H,25,29). The van der Waals surface area contributed by atoms with Crippen LogP contribution in [0.3, 0.4) is 0 Å². The van der Waals surface area contributed by atoms with Crippen molar-refractivity contribution in [2.75, 3.05) is 17.7 Å². The third-order valence-corrected chi connectivity index (χ3v) is 8.84. The Kier molecular flexibility index (Phi) is 7.90. The Bertz CT molecular complexity index is 1220. The zero-order chi connectivity index (χ0) is 24.2. The summed E-state index contributed by atoms with van der Waals surface area (Å²) in [4.78, 5) is 27.8. The van der Waals surface area contributed by atoms with Gasteiger partial charge in [-0.25, -0.2) is 4.79 Å². The molecule has 0 radical (unpaired) electrons. The number of nitrogens with one attached hydrogen (secondary N) is 1. The second-order valence-electron chi connectivity index (χ2n) is 7.86. The van der Waals surface area contributed by atoms with Gasteiger partial charge in [-0.3, -0.25) is 9.36 Å². The van der Waals surface area contributed by atoms with Crippen LogP contribution in [0.4, 0.5) is 5.00 Å². The number of esters is 1. The van der Waals surface area contributed by atoms with Crippen LogP contribution in [0.1, 0.15) is 51.5 Å². The Hall–Kier alpha value is -2.43. The quantitative estimate of drug-likeness (QED) is 0.217. The number of fused-ring (bicyclic) bond motifs is 1. The number of amides is 1. The molecule has 0 bridgehead atoms. The van der Waals surface area contributed by atoms with Crippen molar-refractivity contribution in [1.29, 1.82) is 0 Å². The molecule has 34 heavy (non-hydrogen) atoms. The van der Waals surface area contributed by atoms with E-state index < -0.39 is 0 Å². The average molecular weight is 517 g/mol. The van der Waals surface area contributed by atoms with Crippen molar-refractivity contribution < 1.29 is 14.3 Å². The first-order chi connectivity index (χ1) is 16.5. The predicted molar refractivity (Wildman–Crippen MR) is 139 cm³/mol. The van der Waals surface area contributed by atoms with E-state index in [1.165, 1.54) is 38.4 Å². The highest BCUT2D eigenvalue weighted by Gasteiger charge is 2.28. The number of hydrogen-bond acceptors (Lipinski definition) is 8. The first kappa shape index (κ1) is 24.7. The lowest BCUT2D eigenvalue weighted by molar-refractivity contribution is -0.113. The van der Waals surface area contributed by atoms with Crippen LogP contribution >= 0.6 is 34.4 Å². The minimum atomic E-state index is -0.363. The predicted octanol–water partition coefficient (Wildman–Crippen LogP) is 5.52. The number of carbonyl (C=O) groups excluding carboxylic acids is 2. The molecule has 0 aliphatic heterocycles. The Morgan fingerprint density at radius 1 is 1.32 bits per heavy atom. The van der Waals surface area contributed by atoms with Crippen LogP contribution in [0.5, 0.6) is 0 Å². The van der Waals surface area contributed by atoms with Gasteiger partial charge in [-0.15, -0.1) is 39.4 Å². The SMILES string of the molecule is C=CCn1c(SCC(=O)Nc2sc3c(c2C(=O)OCC)CCC3)nnc1-c1csc(C)c1CC. The number of carbonyl (C=O) groups is 2. The highest BCUT2D eigenvalue weighted by Crippen LogP contribution is 2.40. The second-order valence-corrected chi connectivity index (χ2v) is 11.0. The minimum absolute atomic E-state index is 0.156. The van der Waals surface area contributed by atoms with Crippen molar-refractivity contribution in [1.82, 2.24) is 14.8 Å². The summed E-state index contributed by atoms with van der Waals surface area (Å²) in [5.74, 6) is 0.399. The van der Waals surface area contributed by atoms with Crippen LogP contribution in [-0.4, -0.2) is 39.0 Å². The van der Waals surface area contributed by atoms with Gasteiger partial charge < -0.3 is 10.1 Å². The van der Waals surface area contributed by atoms with Crippen LogP contribution in [0.15, 0.2) is 23.2 Å². The van der Waals surface area contributed by atoms with E-state index >= 15 is 0 Å². The van der Waals surface area contributed by atoms with Crippen LogP contribution in [0.25, 0.3) is 11.4 Å². The molecule has 3 heterocycles. The van der Waals surface area contributed by atoms with E-state index in [9.17, 15) is 9.59 Å². The van der Waals surface area contributed by atoms with E-state index in [-0.39, 0.29) is 17.6 Å². The van der Waals surface area contributed by atoms with Gasteiger partial charge >= 0.3 is 5.97 Å². The molecular weight excluding hydrogens is 488 g/mol. The maximum Gasteiger partial charge on any atom is 0.341 e. The largest absolute Gasteiger partial charge is 0.462 e. The van der Waals surface area contributed by atoms with Crippen LogP contribution in [-0.2, 0) is 35.3 Å². The number of rotatable bonds is 10. The summed E-state index contributed by atoms with van der Waals surface area (Å²) in [6.07, 6.45) is 5.54. The molecule has 3 aromatic heterocycles. The number of hydrogen-bond donors (Lipinski definition) is 1. The summed E-state index contributed by atoms with van der Waals surface area (Å²) in [7, 11) is 0. The Labute approximate surface area is 211 Å². The average Bonchev–Trinajstić information content (AvgIpc) is 3.56. The number of thioether (sulfide) groups is 1. The molecule has 1 aliphatic carbocycles. The molecule has 7 nitrogen and oxygen atoms in total. The number of aromatic nitrogens is 3. The number of anilines is 1. The molecule has 180 valence electrons. The smallest absolute Gasteiger partial charge is 0.341 e. The summed E-state index contributed by atoms with van der Waals surface area (Å²) in [6.45, 7) is 10.8. The van der Waals surface area contributed by atoms with Gasteiger partial charge in [0.2, 0.25) is 5.91 Å². The van der Waals surface area contributed by atoms with Gasteiger partial charge in [0, 0.05) is 27.2 Å². The van der Waals surface area contributed by atoms with Gasteiger partial charge in [-0.05, 0) is 50.7 Å². The molecule has 1 amide bonds. The monoisotopic (exact) mass is 516 g/mol. The number of nitrogens with zero attached hydrogens (tertiary/aromatic N) is 3. The van der Waals surface area contributed by atoms with Crippen LogP contribution in [0, 0.1) is 6.92 Å². The number of ether oxygens (including phenoxy) is 1. The van der Waals surface area contributed by atoms with Crippen molar-refractivity contribution >= 4 is 51.3 Å². The second kappa shape index (κ2) is 10.9. The third-order valence-electron chi connectivity index (χ3n) is 5.71. The molecule has 1 N–H and O–H groups in total. The maximum atomic E-state index is 12.8. The van der Waals surface area contributed by atoms with Crippen molar-refractivity contribution in [2.45, 2.75) is 58.2 Å². The Balaban J connectivity index is 1.51. The molecule has 0 atom stereocenters. The van der Waals surface area contributed by atoms with E-state index in [1.54, 1.807) is 24.3 Å².